The largest absolute Gasteiger partial charge is 0.489 e. The minimum absolute atomic E-state index is 0.0169. The van der Waals surface area contributed by atoms with E-state index in [2.05, 4.69) is 0 Å². The molecule has 1 atom stereocenters. The highest BCUT2D eigenvalue weighted by Crippen LogP contribution is 2.28. The second kappa shape index (κ2) is 9.77. The number of fused-ring (bicyclic) bond motifs is 1. The van der Waals surface area contributed by atoms with Gasteiger partial charge in [0.1, 0.15) is 17.9 Å². The van der Waals surface area contributed by atoms with Crippen LogP contribution >= 0.6 is 0 Å². The molecule has 172 valence electrons. The zero-order valence-corrected chi connectivity index (χ0v) is 18.7. The molecule has 0 saturated carbocycles. The van der Waals surface area contributed by atoms with Crippen molar-refractivity contribution in [3.63, 3.8) is 0 Å². The number of hydrogen-bond acceptors (Lipinski definition) is 6. The Balaban J connectivity index is 1.47. The van der Waals surface area contributed by atoms with Crippen LogP contribution < -0.4 is 4.74 Å². The van der Waals surface area contributed by atoms with Crippen LogP contribution in [0.2, 0.25) is 0 Å². The minimum atomic E-state index is -0.988. The predicted molar refractivity (Wildman–Crippen MR) is 121 cm³/mol. The SMILES string of the molecule is CC(=O)N1CCN(C(=O)C(C)OC(=O)c2oc3ccccc3c2COc2ccccc2)CC1. The molecule has 0 radical (unpaired) electrons. The molecule has 0 N–H and O–H groups in total. The van der Waals surface area contributed by atoms with Crippen molar-refractivity contribution in [2.75, 3.05) is 26.2 Å². The van der Waals surface area contributed by atoms with Gasteiger partial charge in [0.15, 0.2) is 6.10 Å². The lowest BCUT2D eigenvalue weighted by molar-refractivity contribution is -0.144. The fourth-order valence-electron chi connectivity index (χ4n) is 3.84. The molecule has 1 fully saturated rings. The van der Waals surface area contributed by atoms with Crippen molar-refractivity contribution >= 4 is 28.8 Å². The van der Waals surface area contributed by atoms with Gasteiger partial charge < -0.3 is 23.7 Å². The van der Waals surface area contributed by atoms with E-state index in [1.165, 1.54) is 6.92 Å². The summed E-state index contributed by atoms with van der Waals surface area (Å²) in [7, 11) is 0. The summed E-state index contributed by atoms with van der Waals surface area (Å²) in [5.74, 6) is -0.355. The number of para-hydroxylation sites is 2. The van der Waals surface area contributed by atoms with Gasteiger partial charge in [0, 0.05) is 38.5 Å². The van der Waals surface area contributed by atoms with Crippen molar-refractivity contribution in [1.82, 2.24) is 9.80 Å². The van der Waals surface area contributed by atoms with Crippen molar-refractivity contribution in [2.24, 2.45) is 0 Å². The average Bonchev–Trinajstić information content (AvgIpc) is 3.21. The van der Waals surface area contributed by atoms with Gasteiger partial charge in [0.05, 0.1) is 5.56 Å². The van der Waals surface area contributed by atoms with Gasteiger partial charge in [-0.25, -0.2) is 4.79 Å². The Kier molecular flexibility index (Phi) is 6.63. The molecule has 8 nitrogen and oxygen atoms in total. The normalized spacial score (nSPS) is 14.7. The molecular weight excluding hydrogens is 424 g/mol. The molecule has 33 heavy (non-hydrogen) atoms. The molecule has 8 heteroatoms. The number of nitrogens with zero attached hydrogens (tertiary/aromatic N) is 2. The molecule has 1 saturated heterocycles. The van der Waals surface area contributed by atoms with Crippen LogP contribution in [0.15, 0.2) is 59.0 Å². The van der Waals surface area contributed by atoms with Crippen LogP contribution in [0.5, 0.6) is 5.75 Å². The van der Waals surface area contributed by atoms with Gasteiger partial charge >= 0.3 is 5.97 Å². The number of benzene rings is 2. The molecule has 0 aliphatic carbocycles. The zero-order valence-electron chi connectivity index (χ0n) is 18.7. The molecule has 4 rings (SSSR count). The van der Waals surface area contributed by atoms with Gasteiger partial charge in [-0.1, -0.05) is 36.4 Å². The maximum atomic E-state index is 13.0. The third-order valence-corrected chi connectivity index (χ3v) is 5.68. The summed E-state index contributed by atoms with van der Waals surface area (Å²) in [4.78, 5) is 40.6. The van der Waals surface area contributed by atoms with Gasteiger partial charge in [0.25, 0.3) is 5.91 Å². The first-order chi connectivity index (χ1) is 15.9. The van der Waals surface area contributed by atoms with Crippen LogP contribution in [0.25, 0.3) is 11.0 Å². The number of amides is 2. The average molecular weight is 450 g/mol. The monoisotopic (exact) mass is 450 g/mol. The van der Waals surface area contributed by atoms with Crippen molar-refractivity contribution in [3.8, 4) is 5.75 Å². The minimum Gasteiger partial charge on any atom is -0.489 e. The summed E-state index contributed by atoms with van der Waals surface area (Å²) < 4.78 is 17.1. The summed E-state index contributed by atoms with van der Waals surface area (Å²) in [6.45, 7) is 4.90. The maximum absolute atomic E-state index is 13.0. The maximum Gasteiger partial charge on any atom is 0.375 e. The number of esters is 1. The molecule has 2 aromatic carbocycles. The fourth-order valence-corrected chi connectivity index (χ4v) is 3.84. The Morgan fingerprint density at radius 2 is 1.58 bits per heavy atom. The van der Waals surface area contributed by atoms with E-state index in [9.17, 15) is 14.4 Å². The summed E-state index contributed by atoms with van der Waals surface area (Å²) in [5.41, 5.74) is 1.10. The van der Waals surface area contributed by atoms with E-state index < -0.39 is 12.1 Å². The van der Waals surface area contributed by atoms with Crippen LogP contribution in [-0.2, 0) is 20.9 Å². The van der Waals surface area contributed by atoms with Crippen molar-refractivity contribution in [1.29, 1.82) is 0 Å². The first-order valence-electron chi connectivity index (χ1n) is 10.9. The summed E-state index contributed by atoms with van der Waals surface area (Å²) in [6, 6.07) is 16.6. The highest BCUT2D eigenvalue weighted by Gasteiger charge is 2.30. The molecule has 1 aliphatic rings. The first kappa shape index (κ1) is 22.4. The Labute approximate surface area is 191 Å². The van der Waals surface area contributed by atoms with Crippen LogP contribution in [0.3, 0.4) is 0 Å². The second-order valence-corrected chi connectivity index (χ2v) is 7.89. The molecule has 1 aliphatic heterocycles. The second-order valence-electron chi connectivity index (χ2n) is 7.89. The van der Waals surface area contributed by atoms with Crippen LogP contribution in [0.1, 0.15) is 30.0 Å². The number of ether oxygens (including phenoxy) is 2. The highest BCUT2D eigenvalue weighted by atomic mass is 16.6. The molecule has 2 amide bonds. The quantitative estimate of drug-likeness (QED) is 0.536. The molecule has 2 heterocycles. The van der Waals surface area contributed by atoms with Gasteiger partial charge in [0.2, 0.25) is 11.7 Å². The fraction of sp³-hybridized carbons (Fsp3) is 0.320. The number of rotatable bonds is 6. The molecule has 1 unspecified atom stereocenters. The number of furan rings is 1. The Hall–Kier alpha value is -3.81. The number of piperazine rings is 1. The summed E-state index contributed by atoms with van der Waals surface area (Å²) >= 11 is 0. The smallest absolute Gasteiger partial charge is 0.375 e. The van der Waals surface area contributed by atoms with Crippen molar-refractivity contribution < 1.29 is 28.3 Å². The summed E-state index contributed by atoms with van der Waals surface area (Å²) in [5, 5.41) is 0.750. The lowest BCUT2D eigenvalue weighted by Crippen LogP contribution is -2.52. The Morgan fingerprint density at radius 3 is 2.27 bits per heavy atom. The number of carbonyl (C=O) groups is 3. The molecular formula is C25H26N2O6. The summed E-state index contributed by atoms with van der Waals surface area (Å²) in [6.07, 6.45) is -0.988. The van der Waals surface area contributed by atoms with Gasteiger partial charge in [-0.3, -0.25) is 9.59 Å². The first-order valence-corrected chi connectivity index (χ1v) is 10.9. The van der Waals surface area contributed by atoms with E-state index in [4.69, 9.17) is 13.9 Å². The molecule has 0 bridgehead atoms. The van der Waals surface area contributed by atoms with E-state index in [1.54, 1.807) is 22.8 Å². The topological polar surface area (TPSA) is 89.3 Å². The Bertz CT molecular complexity index is 1150. The molecule has 0 spiro atoms. The lowest BCUT2D eigenvalue weighted by Gasteiger charge is -2.35. The standard InChI is InChI=1S/C25H26N2O6/c1-17(24(29)27-14-12-26(13-15-27)18(2)28)32-25(30)23-21(16-31-19-8-4-3-5-9-19)20-10-6-7-11-22(20)33-23/h3-11,17H,12-16H2,1-2H3. The van der Waals surface area contributed by atoms with Gasteiger partial charge in [-0.2, -0.15) is 0 Å². The third-order valence-electron chi connectivity index (χ3n) is 5.68. The van der Waals surface area contributed by atoms with E-state index in [0.29, 0.717) is 43.1 Å². The van der Waals surface area contributed by atoms with Crippen LogP contribution in [0, 0.1) is 0 Å². The Morgan fingerprint density at radius 1 is 0.939 bits per heavy atom. The van der Waals surface area contributed by atoms with Gasteiger partial charge in [-0.05, 0) is 25.1 Å². The molecule has 3 aromatic rings. The van der Waals surface area contributed by atoms with Crippen LogP contribution in [0.4, 0.5) is 0 Å². The zero-order chi connectivity index (χ0) is 23.4. The van der Waals surface area contributed by atoms with E-state index in [-0.39, 0.29) is 24.2 Å². The van der Waals surface area contributed by atoms with E-state index in [1.807, 2.05) is 48.5 Å². The predicted octanol–water partition coefficient (Wildman–Crippen LogP) is 3.25. The number of hydrogen-bond donors (Lipinski definition) is 0. The third kappa shape index (κ3) is 5.00. The van der Waals surface area contributed by atoms with Crippen LogP contribution in [-0.4, -0.2) is 59.9 Å². The molecule has 1 aromatic heterocycles. The van der Waals surface area contributed by atoms with Crippen molar-refractivity contribution in [3.05, 3.63) is 65.9 Å². The number of carbonyl (C=O) groups excluding carboxylic acids is 3. The van der Waals surface area contributed by atoms with E-state index in [0.717, 1.165) is 5.39 Å². The van der Waals surface area contributed by atoms with Gasteiger partial charge in [-0.15, -0.1) is 0 Å². The van der Waals surface area contributed by atoms with E-state index >= 15 is 0 Å². The van der Waals surface area contributed by atoms with Crippen molar-refractivity contribution in [2.45, 2.75) is 26.6 Å². The highest BCUT2D eigenvalue weighted by molar-refractivity contribution is 5.97. The lowest BCUT2D eigenvalue weighted by atomic mass is 10.1.